The number of hydrogen-bond donors (Lipinski definition) is 1. The first kappa shape index (κ1) is 23.6. The Labute approximate surface area is 191 Å². The van der Waals surface area contributed by atoms with Crippen LogP contribution >= 0.6 is 0 Å². The molecule has 0 bridgehead atoms. The van der Waals surface area contributed by atoms with Gasteiger partial charge >= 0.3 is 18.2 Å². The van der Waals surface area contributed by atoms with E-state index in [9.17, 15) is 14.4 Å². The van der Waals surface area contributed by atoms with Crippen molar-refractivity contribution in [3.05, 3.63) is 77.6 Å². The van der Waals surface area contributed by atoms with E-state index in [1.807, 2.05) is 30.3 Å². The standard InChI is InChI=1S/C25H26N2O6/c1-25(2,3)33-23(29)26-20(22(28)31-4)14-18-15-27(21-13-9-8-12-19(18)21)24(30)32-16-17-10-6-5-7-11-17/h5-15H,16H2,1-4H3,(H,26,29)/b20-14+. The minimum Gasteiger partial charge on any atom is -0.464 e. The van der Waals surface area contributed by atoms with Crippen molar-refractivity contribution in [1.82, 2.24) is 9.88 Å². The van der Waals surface area contributed by atoms with Crippen LogP contribution in [0, 0.1) is 0 Å². The predicted octanol–water partition coefficient (Wildman–Crippen LogP) is 4.86. The Kier molecular flexibility index (Phi) is 7.17. The van der Waals surface area contributed by atoms with Gasteiger partial charge in [0.25, 0.3) is 0 Å². The van der Waals surface area contributed by atoms with E-state index < -0.39 is 23.8 Å². The van der Waals surface area contributed by atoms with E-state index in [-0.39, 0.29) is 12.3 Å². The number of nitrogens with one attached hydrogen (secondary N) is 1. The van der Waals surface area contributed by atoms with Gasteiger partial charge in [-0.2, -0.15) is 0 Å². The SMILES string of the molecule is COC(=O)/C(=C\c1cn(C(=O)OCc2ccccc2)c2ccccc12)NC(=O)OC(C)(C)C. The number of methoxy groups -OCH3 is 1. The van der Waals surface area contributed by atoms with Crippen LogP contribution in [0.25, 0.3) is 17.0 Å². The fourth-order valence-corrected chi connectivity index (χ4v) is 3.09. The molecule has 0 spiro atoms. The van der Waals surface area contributed by atoms with Gasteiger partial charge in [-0.25, -0.2) is 14.4 Å². The first-order chi connectivity index (χ1) is 15.7. The van der Waals surface area contributed by atoms with Gasteiger partial charge in [0.15, 0.2) is 0 Å². The summed E-state index contributed by atoms with van der Waals surface area (Å²) in [6.07, 6.45) is 1.59. The van der Waals surface area contributed by atoms with Crippen molar-refractivity contribution in [2.24, 2.45) is 0 Å². The van der Waals surface area contributed by atoms with E-state index >= 15 is 0 Å². The van der Waals surface area contributed by atoms with Crippen LogP contribution in [0.15, 0.2) is 66.5 Å². The topological polar surface area (TPSA) is 95.9 Å². The minimum absolute atomic E-state index is 0.116. The molecule has 0 saturated heterocycles. The third kappa shape index (κ3) is 6.22. The van der Waals surface area contributed by atoms with Gasteiger partial charge in [0.05, 0.1) is 12.6 Å². The number of amides is 1. The lowest BCUT2D eigenvalue weighted by Crippen LogP contribution is -2.34. The highest BCUT2D eigenvalue weighted by Gasteiger charge is 2.21. The summed E-state index contributed by atoms with van der Waals surface area (Å²) < 4.78 is 16.8. The second-order valence-electron chi connectivity index (χ2n) is 8.19. The third-order valence-corrected chi connectivity index (χ3v) is 4.49. The number of fused-ring (bicyclic) bond motifs is 1. The van der Waals surface area contributed by atoms with E-state index in [1.165, 1.54) is 23.9 Å². The average Bonchev–Trinajstić information content (AvgIpc) is 3.14. The van der Waals surface area contributed by atoms with E-state index in [0.29, 0.717) is 16.5 Å². The molecule has 1 aromatic heterocycles. The molecule has 2 aromatic carbocycles. The Morgan fingerprint density at radius 3 is 2.33 bits per heavy atom. The molecule has 8 heteroatoms. The summed E-state index contributed by atoms with van der Waals surface area (Å²) >= 11 is 0. The summed E-state index contributed by atoms with van der Waals surface area (Å²) in [5, 5.41) is 3.10. The molecule has 0 fully saturated rings. The summed E-state index contributed by atoms with van der Waals surface area (Å²) in [7, 11) is 1.21. The van der Waals surface area contributed by atoms with Gasteiger partial charge in [0.2, 0.25) is 0 Å². The number of ether oxygens (including phenoxy) is 3. The van der Waals surface area contributed by atoms with Gasteiger partial charge in [0.1, 0.15) is 17.9 Å². The molecular weight excluding hydrogens is 424 g/mol. The maximum atomic E-state index is 12.8. The Hall–Kier alpha value is -4.07. The highest BCUT2D eigenvalue weighted by atomic mass is 16.6. The van der Waals surface area contributed by atoms with Crippen molar-refractivity contribution in [1.29, 1.82) is 0 Å². The minimum atomic E-state index is -0.801. The Morgan fingerprint density at radius 1 is 1.00 bits per heavy atom. The van der Waals surface area contributed by atoms with Gasteiger partial charge in [-0.15, -0.1) is 0 Å². The summed E-state index contributed by atoms with van der Waals surface area (Å²) in [5.41, 5.74) is 1.08. The molecule has 8 nitrogen and oxygen atoms in total. The number of aromatic nitrogens is 1. The second-order valence-corrected chi connectivity index (χ2v) is 8.19. The molecule has 0 aliphatic heterocycles. The fraction of sp³-hybridized carbons (Fsp3) is 0.240. The monoisotopic (exact) mass is 450 g/mol. The zero-order valence-corrected chi connectivity index (χ0v) is 19.0. The van der Waals surface area contributed by atoms with Crippen molar-refractivity contribution in [2.75, 3.05) is 7.11 Å². The van der Waals surface area contributed by atoms with Crippen molar-refractivity contribution < 1.29 is 28.6 Å². The van der Waals surface area contributed by atoms with Gasteiger partial charge in [-0.1, -0.05) is 48.5 Å². The van der Waals surface area contributed by atoms with Gasteiger partial charge in [0, 0.05) is 17.1 Å². The molecule has 1 N–H and O–H groups in total. The zero-order chi connectivity index (χ0) is 24.0. The molecule has 0 unspecified atom stereocenters. The number of alkyl carbamates (subject to hydrolysis) is 1. The summed E-state index contributed by atoms with van der Waals surface area (Å²) in [5.74, 6) is -0.760. The van der Waals surface area contributed by atoms with Gasteiger partial charge in [-0.3, -0.25) is 9.88 Å². The van der Waals surface area contributed by atoms with E-state index in [1.54, 1.807) is 45.0 Å². The zero-order valence-electron chi connectivity index (χ0n) is 19.0. The molecular formula is C25H26N2O6. The van der Waals surface area contributed by atoms with Gasteiger partial charge < -0.3 is 14.2 Å². The lowest BCUT2D eigenvalue weighted by molar-refractivity contribution is -0.136. The molecule has 0 aliphatic rings. The highest BCUT2D eigenvalue weighted by molar-refractivity contribution is 6.01. The van der Waals surface area contributed by atoms with Crippen molar-refractivity contribution >= 4 is 35.1 Å². The molecule has 3 rings (SSSR count). The summed E-state index contributed by atoms with van der Waals surface area (Å²) in [6.45, 7) is 5.25. The van der Waals surface area contributed by atoms with Crippen LogP contribution in [0.2, 0.25) is 0 Å². The maximum Gasteiger partial charge on any atom is 0.418 e. The molecule has 0 saturated carbocycles. The largest absolute Gasteiger partial charge is 0.464 e. The number of rotatable bonds is 5. The number of esters is 1. The van der Waals surface area contributed by atoms with E-state index in [2.05, 4.69) is 5.32 Å². The van der Waals surface area contributed by atoms with E-state index in [4.69, 9.17) is 14.2 Å². The molecule has 33 heavy (non-hydrogen) atoms. The molecule has 3 aromatic rings. The Morgan fingerprint density at radius 2 is 1.67 bits per heavy atom. The number of carbonyl (C=O) groups is 3. The lowest BCUT2D eigenvalue weighted by Gasteiger charge is -2.20. The van der Waals surface area contributed by atoms with Crippen LogP contribution in [0.4, 0.5) is 9.59 Å². The number of hydrogen-bond acceptors (Lipinski definition) is 6. The summed E-state index contributed by atoms with van der Waals surface area (Å²) in [4.78, 5) is 37.3. The van der Waals surface area contributed by atoms with Crippen LogP contribution < -0.4 is 5.32 Å². The van der Waals surface area contributed by atoms with Crippen molar-refractivity contribution in [3.8, 4) is 0 Å². The van der Waals surface area contributed by atoms with Crippen LogP contribution in [0.1, 0.15) is 31.9 Å². The summed E-state index contributed by atoms with van der Waals surface area (Å²) in [6, 6.07) is 16.5. The molecule has 1 heterocycles. The Bertz CT molecular complexity index is 1190. The normalized spacial score (nSPS) is 11.7. The number of para-hydroxylation sites is 1. The first-order valence-electron chi connectivity index (χ1n) is 10.3. The van der Waals surface area contributed by atoms with Crippen molar-refractivity contribution in [2.45, 2.75) is 33.0 Å². The third-order valence-electron chi connectivity index (χ3n) is 4.49. The average molecular weight is 450 g/mol. The van der Waals surface area contributed by atoms with E-state index in [0.717, 1.165) is 5.56 Å². The molecule has 172 valence electrons. The molecule has 0 aliphatic carbocycles. The number of carbonyl (C=O) groups excluding carboxylic acids is 3. The predicted molar refractivity (Wildman–Crippen MR) is 123 cm³/mol. The van der Waals surface area contributed by atoms with Crippen LogP contribution in [0.3, 0.4) is 0 Å². The second kappa shape index (κ2) is 10.0. The molecule has 0 atom stereocenters. The first-order valence-corrected chi connectivity index (χ1v) is 10.3. The maximum absolute atomic E-state index is 12.8. The number of nitrogens with zero attached hydrogens (tertiary/aromatic N) is 1. The van der Waals surface area contributed by atoms with Crippen LogP contribution in [0.5, 0.6) is 0 Å². The van der Waals surface area contributed by atoms with Crippen molar-refractivity contribution in [3.63, 3.8) is 0 Å². The molecule has 1 amide bonds. The molecule has 0 radical (unpaired) electrons. The lowest BCUT2D eigenvalue weighted by atomic mass is 10.1. The number of benzene rings is 2. The smallest absolute Gasteiger partial charge is 0.418 e. The van der Waals surface area contributed by atoms with Gasteiger partial charge in [-0.05, 0) is 38.5 Å². The highest BCUT2D eigenvalue weighted by Crippen LogP contribution is 2.24. The quantitative estimate of drug-likeness (QED) is 0.339. The fourth-order valence-electron chi connectivity index (χ4n) is 3.09. The van der Waals surface area contributed by atoms with Crippen LogP contribution in [-0.4, -0.2) is 35.4 Å². The van der Waals surface area contributed by atoms with Crippen LogP contribution in [-0.2, 0) is 25.6 Å². The Balaban J connectivity index is 1.92.